The number of hydrogen-bond donors (Lipinski definition) is 0. The number of rotatable bonds is 27. The number of unbranched alkanes of at least 4 members (excludes halogenated alkanes) is 14. The lowest BCUT2D eigenvalue weighted by molar-refractivity contribution is -0.146. The first-order valence-corrected chi connectivity index (χ1v) is 29.0. The standard InChI is InChI=1S/C64H58N8O4S2/c65-35-47(36-66)61-51-21-15-17-23-53(51)63(49(39-69)40-70)57-33-45(27-29-55(57)61)43-75-59(73)25-13-9-5-1-3-7-11-19-31-77-78-32-20-12-8-4-2-6-10-14-26-60(74)76-44-46-28-30-56-58(34-46)64(50(41-71)42-72)54-24-18-16-22-52(54)62(56)48(37-67)38-68/h15-18,21-24,27-30,33-34H,1-14,19-20,25-26,31-32,43-44H2. The van der Waals surface area contributed by atoms with Gasteiger partial charge in [-0.15, -0.1) is 0 Å². The van der Waals surface area contributed by atoms with Crippen LogP contribution in [0.15, 0.2) is 84.9 Å². The minimum atomic E-state index is -0.288. The zero-order chi connectivity index (χ0) is 55.5. The monoisotopic (exact) mass is 1070 g/mol. The van der Waals surface area contributed by atoms with Crippen molar-refractivity contribution in [3.05, 3.63) is 117 Å². The van der Waals surface area contributed by atoms with E-state index in [4.69, 9.17) is 9.47 Å². The first-order chi connectivity index (χ1) is 38.3. The molecule has 14 heteroatoms. The van der Waals surface area contributed by atoms with Gasteiger partial charge in [-0.05, 0) is 92.0 Å². The first-order valence-electron chi connectivity index (χ1n) is 26.5. The van der Waals surface area contributed by atoms with E-state index in [0.717, 1.165) is 51.4 Å². The molecule has 0 heterocycles. The maximum absolute atomic E-state index is 12.7. The third kappa shape index (κ3) is 15.5. The lowest BCUT2D eigenvalue weighted by Gasteiger charge is -2.11. The van der Waals surface area contributed by atoms with Gasteiger partial charge in [0.05, 0.1) is 0 Å². The van der Waals surface area contributed by atoms with Crippen molar-refractivity contribution >= 4 is 98.9 Å². The quantitative estimate of drug-likeness (QED) is 0.0202. The lowest BCUT2D eigenvalue weighted by Crippen LogP contribution is -2.19. The van der Waals surface area contributed by atoms with Crippen molar-refractivity contribution in [3.63, 3.8) is 0 Å². The highest BCUT2D eigenvalue weighted by molar-refractivity contribution is 8.76. The van der Waals surface area contributed by atoms with Gasteiger partial charge in [-0.2, -0.15) is 42.1 Å². The molecule has 6 aromatic carbocycles. The minimum absolute atomic E-state index is 0.0174. The number of carbonyl (C=O) groups excluding carboxylic acids is 2. The summed E-state index contributed by atoms with van der Waals surface area (Å²) in [6.45, 7) is 0.0348. The molecule has 0 aliphatic heterocycles. The van der Waals surface area contributed by atoms with Crippen LogP contribution in [-0.2, 0) is 32.3 Å². The molecule has 78 heavy (non-hydrogen) atoms. The predicted molar refractivity (Wildman–Crippen MR) is 308 cm³/mol. The van der Waals surface area contributed by atoms with Crippen molar-refractivity contribution in [1.29, 1.82) is 42.1 Å². The summed E-state index contributed by atoms with van der Waals surface area (Å²) in [4.78, 5) is 25.3. The van der Waals surface area contributed by atoms with Gasteiger partial charge in [0.1, 0.15) is 84.1 Å². The van der Waals surface area contributed by atoms with E-state index < -0.39 is 0 Å². The van der Waals surface area contributed by atoms with Crippen molar-refractivity contribution in [3.8, 4) is 48.6 Å². The molecule has 6 rings (SSSR count). The second-order valence-electron chi connectivity index (χ2n) is 18.9. The largest absolute Gasteiger partial charge is 0.461 e. The second-order valence-corrected chi connectivity index (χ2v) is 21.6. The summed E-state index contributed by atoms with van der Waals surface area (Å²) in [5, 5.41) is 84.7. The molecule has 0 unspecified atom stereocenters. The first kappa shape index (κ1) is 58.7. The summed E-state index contributed by atoms with van der Waals surface area (Å²) < 4.78 is 11.2. The van der Waals surface area contributed by atoms with Gasteiger partial charge >= 0.3 is 11.9 Å². The predicted octanol–water partition coefficient (Wildman–Crippen LogP) is 12.3. The van der Waals surface area contributed by atoms with Gasteiger partial charge in [-0.1, -0.05) is 171 Å². The van der Waals surface area contributed by atoms with Gasteiger partial charge in [0.15, 0.2) is 0 Å². The van der Waals surface area contributed by atoms with E-state index in [1.54, 1.807) is 84.9 Å². The van der Waals surface area contributed by atoms with Crippen LogP contribution in [0.2, 0.25) is 0 Å². The molecule has 0 spiro atoms. The Kier molecular flexibility index (Phi) is 23.7. The molecule has 12 nitrogen and oxygen atoms in total. The molecule has 0 amide bonds. The Morgan fingerprint density at radius 3 is 0.885 bits per heavy atom. The van der Waals surface area contributed by atoms with Crippen molar-refractivity contribution in [2.45, 2.75) is 129 Å². The molecule has 0 aliphatic carbocycles. The van der Waals surface area contributed by atoms with E-state index in [-0.39, 0.29) is 47.4 Å². The van der Waals surface area contributed by atoms with E-state index in [2.05, 4.69) is 0 Å². The number of ether oxygens (including phenoxy) is 2. The summed E-state index contributed by atoms with van der Waals surface area (Å²) in [7, 11) is 3.95. The fourth-order valence-electron chi connectivity index (χ4n) is 9.83. The fourth-order valence-corrected chi connectivity index (χ4v) is 12.1. The molecule has 0 N–H and O–H groups in total. The maximum Gasteiger partial charge on any atom is 0.306 e. The van der Waals surface area contributed by atoms with E-state index >= 15 is 0 Å². The van der Waals surface area contributed by atoms with Crippen LogP contribution in [0.3, 0.4) is 0 Å². The van der Waals surface area contributed by atoms with Crippen LogP contribution < -0.4 is 20.9 Å². The van der Waals surface area contributed by atoms with Crippen LogP contribution in [0, 0.1) is 90.6 Å². The van der Waals surface area contributed by atoms with Gasteiger partial charge in [-0.3, -0.25) is 9.59 Å². The van der Waals surface area contributed by atoms with Crippen LogP contribution >= 0.6 is 21.6 Å². The van der Waals surface area contributed by atoms with Gasteiger partial charge in [0.2, 0.25) is 0 Å². The highest BCUT2D eigenvalue weighted by Crippen LogP contribution is 2.26. The topological polar surface area (TPSA) is 243 Å². The van der Waals surface area contributed by atoms with Gasteiger partial charge in [0, 0.05) is 45.2 Å². The molecule has 390 valence electrons. The Morgan fingerprint density at radius 2 is 0.590 bits per heavy atom. The number of esters is 2. The van der Waals surface area contributed by atoms with Crippen LogP contribution in [0.1, 0.15) is 127 Å². The van der Waals surface area contributed by atoms with Crippen molar-refractivity contribution in [2.75, 3.05) is 11.5 Å². The third-order valence-electron chi connectivity index (χ3n) is 13.7. The normalized spacial score (nSPS) is 10.5. The number of fused-ring (bicyclic) bond motifs is 4. The summed E-state index contributed by atoms with van der Waals surface area (Å²) >= 11 is 0. The van der Waals surface area contributed by atoms with E-state index in [1.807, 2.05) is 70.1 Å². The van der Waals surface area contributed by atoms with E-state index in [1.165, 1.54) is 62.9 Å². The number of carbonyl (C=O) groups is 2. The Hall–Kier alpha value is -8.60. The zero-order valence-electron chi connectivity index (χ0n) is 43.7. The molecule has 0 atom stereocenters. The van der Waals surface area contributed by atoms with E-state index in [0.29, 0.717) is 87.9 Å². The third-order valence-corrected chi connectivity index (χ3v) is 16.2. The Labute approximate surface area is 463 Å². The second kappa shape index (κ2) is 31.4. The molecule has 6 aromatic rings. The molecule has 0 bridgehead atoms. The Morgan fingerprint density at radius 1 is 0.333 bits per heavy atom. The Bertz CT molecular complexity index is 3520. The van der Waals surface area contributed by atoms with Gasteiger partial charge in [-0.25, -0.2) is 0 Å². The molecular formula is C64H58N8O4S2. The SMILES string of the molecule is N#CC(C#N)=c1c2ccccc2c(=C(C#N)C#N)c2cc(COC(=O)CCCCCCCCCCSSCCCCCCCCCCC(=O)OCc3ccc4c(=C(C#N)C#N)c5ccccc5c(=C(C#N)C#N)c4c3)ccc12. The highest BCUT2D eigenvalue weighted by atomic mass is 33.1. The van der Waals surface area contributed by atoms with Gasteiger partial charge in [0.25, 0.3) is 0 Å². The maximum atomic E-state index is 12.7. The highest BCUT2D eigenvalue weighted by Gasteiger charge is 2.16. The summed E-state index contributed by atoms with van der Waals surface area (Å²) in [5.74, 6) is 1.76. The zero-order valence-corrected chi connectivity index (χ0v) is 45.3. The molecule has 0 aliphatic rings. The molecule has 0 fully saturated rings. The van der Waals surface area contributed by atoms with Crippen LogP contribution in [-0.4, -0.2) is 23.4 Å². The van der Waals surface area contributed by atoms with Gasteiger partial charge < -0.3 is 9.47 Å². The van der Waals surface area contributed by atoms with Crippen molar-refractivity contribution in [2.24, 2.45) is 0 Å². The molecule has 0 saturated heterocycles. The summed E-state index contributed by atoms with van der Waals surface area (Å²) in [6, 6.07) is 40.7. The minimum Gasteiger partial charge on any atom is -0.461 e. The number of benzene rings is 6. The summed E-state index contributed by atoms with van der Waals surface area (Å²) in [5.41, 5.74) is 1.01. The fraction of sp³-hybridized carbons (Fsp3) is 0.344. The molecular weight excluding hydrogens is 1010 g/mol. The van der Waals surface area contributed by atoms with Crippen LogP contribution in [0.5, 0.6) is 0 Å². The molecule has 0 radical (unpaired) electrons. The smallest absolute Gasteiger partial charge is 0.306 e. The number of nitrogens with zero attached hydrogens (tertiary/aromatic N) is 8. The number of hydrogen-bond acceptors (Lipinski definition) is 14. The van der Waals surface area contributed by atoms with Crippen molar-refractivity contribution < 1.29 is 19.1 Å². The van der Waals surface area contributed by atoms with E-state index in [9.17, 15) is 51.7 Å². The lowest BCUT2D eigenvalue weighted by atomic mass is 9.93. The average molecular weight is 1070 g/mol. The Balaban J connectivity index is 0.764. The average Bonchev–Trinajstić information content (AvgIpc) is 3.60. The number of nitriles is 8. The molecule has 0 saturated carbocycles. The summed E-state index contributed by atoms with van der Waals surface area (Å²) in [6.07, 6.45) is 18.3. The van der Waals surface area contributed by atoms with Crippen LogP contribution in [0.4, 0.5) is 0 Å². The van der Waals surface area contributed by atoms with Crippen molar-refractivity contribution in [1.82, 2.24) is 0 Å². The molecule has 0 aromatic heterocycles. The van der Waals surface area contributed by atoms with Crippen LogP contribution in [0.25, 0.3) is 65.4 Å².